The molecule has 0 bridgehead atoms. The first-order chi connectivity index (χ1) is 10.2. The lowest BCUT2D eigenvalue weighted by atomic mass is 10.2. The summed E-state index contributed by atoms with van der Waals surface area (Å²) in [5.41, 5.74) is 0. The molecule has 0 aliphatic carbocycles. The van der Waals surface area contributed by atoms with Crippen LogP contribution in [0.15, 0.2) is 24.3 Å². The van der Waals surface area contributed by atoms with Gasteiger partial charge in [-0.05, 0) is 49.1 Å². The number of ether oxygens (including phenoxy) is 2. The van der Waals surface area contributed by atoms with Gasteiger partial charge in [-0.2, -0.15) is 11.8 Å². The summed E-state index contributed by atoms with van der Waals surface area (Å²) < 4.78 is 10.6. The number of methoxy groups -OCH3 is 1. The van der Waals surface area contributed by atoms with Gasteiger partial charge in [0.15, 0.2) is 0 Å². The lowest BCUT2D eigenvalue weighted by molar-refractivity contribution is 0.104. The van der Waals surface area contributed by atoms with E-state index < -0.39 is 6.10 Å². The fourth-order valence-corrected chi connectivity index (χ4v) is 2.58. The topological polar surface area (TPSA) is 50.7 Å². The maximum Gasteiger partial charge on any atom is 0.119 e. The molecule has 21 heavy (non-hydrogen) atoms. The van der Waals surface area contributed by atoms with E-state index in [1.807, 2.05) is 36.0 Å². The third-order valence-corrected chi connectivity index (χ3v) is 4.04. The second-order valence-electron chi connectivity index (χ2n) is 4.94. The molecule has 0 saturated heterocycles. The van der Waals surface area contributed by atoms with Crippen molar-refractivity contribution in [3.63, 3.8) is 0 Å². The molecule has 1 aromatic rings. The van der Waals surface area contributed by atoms with E-state index in [1.54, 1.807) is 7.11 Å². The predicted molar refractivity (Wildman–Crippen MR) is 89.6 cm³/mol. The van der Waals surface area contributed by atoms with Crippen molar-refractivity contribution in [3.05, 3.63) is 24.3 Å². The Morgan fingerprint density at radius 2 is 1.90 bits per heavy atom. The smallest absolute Gasteiger partial charge is 0.119 e. The lowest BCUT2D eigenvalue weighted by Gasteiger charge is -2.17. The Kier molecular flexibility index (Phi) is 9.30. The predicted octanol–water partition coefficient (Wildman–Crippen LogP) is 2.56. The molecule has 4 nitrogen and oxygen atoms in total. The van der Waals surface area contributed by atoms with Gasteiger partial charge in [0.2, 0.25) is 0 Å². The fraction of sp³-hybridized carbons (Fsp3) is 0.625. The highest BCUT2D eigenvalue weighted by molar-refractivity contribution is 7.99. The number of hydrogen-bond acceptors (Lipinski definition) is 5. The summed E-state index contributed by atoms with van der Waals surface area (Å²) in [6.07, 6.45) is 0.610. The molecule has 2 atom stereocenters. The number of thioether (sulfide) groups is 1. The maximum atomic E-state index is 9.91. The molecule has 0 saturated carbocycles. The maximum absolute atomic E-state index is 9.91. The van der Waals surface area contributed by atoms with E-state index in [0.717, 1.165) is 29.4 Å². The molecule has 0 aromatic heterocycles. The van der Waals surface area contributed by atoms with Crippen LogP contribution in [0.1, 0.15) is 20.3 Å². The normalized spacial score (nSPS) is 13.7. The standard InChI is InChI=1S/C16H27NO3S/c1-4-21-10-9-13(2)17-11-14(18)12-20-16-7-5-15(19-3)6-8-16/h5-8,13-14,17-18H,4,9-12H2,1-3H3. The summed E-state index contributed by atoms with van der Waals surface area (Å²) in [4.78, 5) is 0. The van der Waals surface area contributed by atoms with Gasteiger partial charge in [0.1, 0.15) is 24.2 Å². The molecule has 5 heteroatoms. The highest BCUT2D eigenvalue weighted by Crippen LogP contribution is 2.17. The molecule has 0 heterocycles. The van der Waals surface area contributed by atoms with Crippen molar-refractivity contribution in [1.82, 2.24) is 5.32 Å². The third kappa shape index (κ3) is 8.19. The first-order valence-corrected chi connectivity index (χ1v) is 8.57. The number of rotatable bonds is 11. The molecule has 0 amide bonds. The van der Waals surface area contributed by atoms with Crippen LogP contribution in [0, 0.1) is 0 Å². The van der Waals surface area contributed by atoms with Crippen LogP contribution < -0.4 is 14.8 Å². The highest BCUT2D eigenvalue weighted by atomic mass is 32.2. The Morgan fingerprint density at radius 1 is 1.24 bits per heavy atom. The molecule has 2 unspecified atom stereocenters. The van der Waals surface area contributed by atoms with Crippen molar-refractivity contribution in [2.24, 2.45) is 0 Å². The van der Waals surface area contributed by atoms with Gasteiger partial charge >= 0.3 is 0 Å². The second kappa shape index (κ2) is 10.8. The van der Waals surface area contributed by atoms with Crippen LogP contribution in [-0.4, -0.2) is 49.0 Å². The van der Waals surface area contributed by atoms with Crippen molar-refractivity contribution >= 4 is 11.8 Å². The van der Waals surface area contributed by atoms with Gasteiger partial charge < -0.3 is 19.9 Å². The Labute approximate surface area is 132 Å². The third-order valence-electron chi connectivity index (χ3n) is 3.10. The van der Waals surface area contributed by atoms with Crippen LogP contribution in [0.2, 0.25) is 0 Å². The first-order valence-electron chi connectivity index (χ1n) is 7.41. The molecular weight excluding hydrogens is 286 g/mol. The summed E-state index contributed by atoms with van der Waals surface area (Å²) >= 11 is 1.94. The minimum absolute atomic E-state index is 0.287. The van der Waals surface area contributed by atoms with Crippen LogP contribution in [0.25, 0.3) is 0 Å². The average molecular weight is 313 g/mol. The molecule has 0 aliphatic rings. The Morgan fingerprint density at radius 3 is 2.52 bits per heavy atom. The van der Waals surface area contributed by atoms with Crippen molar-refractivity contribution in [1.29, 1.82) is 0 Å². The number of nitrogens with one attached hydrogen (secondary N) is 1. The van der Waals surface area contributed by atoms with Gasteiger partial charge in [0, 0.05) is 12.6 Å². The van der Waals surface area contributed by atoms with Gasteiger partial charge in [-0.1, -0.05) is 6.92 Å². The van der Waals surface area contributed by atoms with Gasteiger partial charge in [0.25, 0.3) is 0 Å². The number of hydrogen-bond donors (Lipinski definition) is 2. The summed E-state index contributed by atoms with van der Waals surface area (Å²) in [5, 5.41) is 13.2. The van der Waals surface area contributed by atoms with Crippen LogP contribution in [0.3, 0.4) is 0 Å². The van der Waals surface area contributed by atoms with Crippen molar-refractivity contribution < 1.29 is 14.6 Å². The zero-order valence-corrected chi connectivity index (χ0v) is 14.0. The molecule has 1 aromatic carbocycles. The fourth-order valence-electron chi connectivity index (χ4n) is 1.77. The van der Waals surface area contributed by atoms with E-state index in [-0.39, 0.29) is 6.61 Å². The lowest BCUT2D eigenvalue weighted by Crippen LogP contribution is -2.36. The number of aliphatic hydroxyl groups excluding tert-OH is 1. The molecule has 2 N–H and O–H groups in total. The molecule has 1 rings (SSSR count). The molecule has 0 radical (unpaired) electrons. The van der Waals surface area contributed by atoms with E-state index in [4.69, 9.17) is 9.47 Å². The minimum Gasteiger partial charge on any atom is -0.497 e. The highest BCUT2D eigenvalue weighted by Gasteiger charge is 2.08. The van der Waals surface area contributed by atoms with Gasteiger partial charge in [-0.15, -0.1) is 0 Å². The Balaban J connectivity index is 2.16. The van der Waals surface area contributed by atoms with Crippen LogP contribution in [0.4, 0.5) is 0 Å². The second-order valence-corrected chi connectivity index (χ2v) is 6.33. The number of benzene rings is 1. The van der Waals surface area contributed by atoms with Crippen molar-refractivity contribution in [3.8, 4) is 11.5 Å². The average Bonchev–Trinajstić information content (AvgIpc) is 2.51. The van der Waals surface area contributed by atoms with E-state index >= 15 is 0 Å². The zero-order valence-electron chi connectivity index (χ0n) is 13.2. The van der Waals surface area contributed by atoms with Crippen LogP contribution in [-0.2, 0) is 0 Å². The Hall–Kier alpha value is -0.910. The summed E-state index contributed by atoms with van der Waals surface area (Å²) in [5.74, 6) is 3.85. The molecule has 0 spiro atoms. The van der Waals surface area contributed by atoms with E-state index in [2.05, 4.69) is 19.2 Å². The SMILES string of the molecule is CCSCCC(C)NCC(O)COc1ccc(OC)cc1. The Bertz CT molecular complexity index is 372. The molecule has 120 valence electrons. The largest absolute Gasteiger partial charge is 0.497 e. The summed E-state index contributed by atoms with van der Waals surface area (Å²) in [6, 6.07) is 7.77. The summed E-state index contributed by atoms with van der Waals surface area (Å²) in [6.45, 7) is 5.15. The van der Waals surface area contributed by atoms with Crippen LogP contribution in [0.5, 0.6) is 11.5 Å². The van der Waals surface area contributed by atoms with Gasteiger partial charge in [0.05, 0.1) is 7.11 Å². The summed E-state index contributed by atoms with van der Waals surface area (Å²) in [7, 11) is 1.63. The zero-order chi connectivity index (χ0) is 15.5. The monoisotopic (exact) mass is 313 g/mol. The molecule has 0 fully saturated rings. The van der Waals surface area contributed by atoms with E-state index in [9.17, 15) is 5.11 Å². The number of aliphatic hydroxyl groups is 1. The molecular formula is C16H27NO3S. The van der Waals surface area contributed by atoms with E-state index in [1.165, 1.54) is 0 Å². The van der Waals surface area contributed by atoms with Crippen molar-refractivity contribution in [2.45, 2.75) is 32.4 Å². The molecule has 0 aliphatic heterocycles. The first kappa shape index (κ1) is 18.1. The minimum atomic E-state index is -0.506. The van der Waals surface area contributed by atoms with Crippen molar-refractivity contribution in [2.75, 3.05) is 31.8 Å². The quantitative estimate of drug-likeness (QED) is 0.615. The van der Waals surface area contributed by atoms with Crippen LogP contribution >= 0.6 is 11.8 Å². The van der Waals surface area contributed by atoms with Gasteiger partial charge in [-0.3, -0.25) is 0 Å². The van der Waals surface area contributed by atoms with E-state index in [0.29, 0.717) is 12.6 Å². The van der Waals surface area contributed by atoms with Gasteiger partial charge in [-0.25, -0.2) is 0 Å².